The van der Waals surface area contributed by atoms with E-state index in [1.54, 1.807) is 0 Å². The average Bonchev–Trinajstić information content (AvgIpc) is 2.16. The van der Waals surface area contributed by atoms with Crippen molar-refractivity contribution >= 4 is 0 Å². The normalized spacial score (nSPS) is 11.5. The molecule has 0 aromatic heterocycles. The largest absolute Gasteiger partial charge is 0.494 e. The van der Waals surface area contributed by atoms with Crippen LogP contribution in [-0.2, 0) is 6.42 Å². The van der Waals surface area contributed by atoms with E-state index in [9.17, 15) is 0 Å². The topological polar surface area (TPSA) is 9.23 Å². The maximum atomic E-state index is 5.72. The van der Waals surface area contributed by atoms with Crippen molar-refractivity contribution in [2.24, 2.45) is 5.41 Å². The first-order chi connectivity index (χ1) is 7.01. The van der Waals surface area contributed by atoms with Gasteiger partial charge in [-0.2, -0.15) is 0 Å². The summed E-state index contributed by atoms with van der Waals surface area (Å²) in [6.07, 6.45) is 2.15. The van der Waals surface area contributed by atoms with E-state index in [2.05, 4.69) is 45.9 Å². The molecule has 0 aliphatic heterocycles. The molecule has 1 heteroatoms. The van der Waals surface area contributed by atoms with Crippen molar-refractivity contribution in [1.82, 2.24) is 0 Å². The lowest BCUT2D eigenvalue weighted by Crippen LogP contribution is -2.11. The third-order valence-electron chi connectivity index (χ3n) is 2.43. The molecule has 0 bridgehead atoms. The second-order valence-electron chi connectivity index (χ2n) is 5.16. The molecule has 1 aromatic rings. The molecule has 0 N–H and O–H groups in total. The summed E-state index contributed by atoms with van der Waals surface area (Å²) in [7, 11) is 0. The smallest absolute Gasteiger partial charge is 0.119 e. The lowest BCUT2D eigenvalue weighted by molar-refractivity contribution is 0.243. The van der Waals surface area contributed by atoms with Crippen molar-refractivity contribution in [3.63, 3.8) is 0 Å². The maximum Gasteiger partial charge on any atom is 0.119 e. The molecule has 0 aliphatic carbocycles. The highest BCUT2D eigenvalue weighted by atomic mass is 16.5. The molecule has 15 heavy (non-hydrogen) atoms. The second kappa shape index (κ2) is 5.20. The van der Waals surface area contributed by atoms with Crippen molar-refractivity contribution in [2.75, 3.05) is 6.61 Å². The Balaban J connectivity index is 2.44. The van der Waals surface area contributed by atoms with Crippen molar-refractivity contribution < 1.29 is 4.74 Å². The lowest BCUT2D eigenvalue weighted by Gasteiger charge is -2.18. The SMILES string of the molecule is CCc1cccc(OCCC(C)(C)C)c1. The van der Waals surface area contributed by atoms with Gasteiger partial charge in [0, 0.05) is 0 Å². The Labute approximate surface area is 93.5 Å². The molecule has 0 unspecified atom stereocenters. The molecule has 0 heterocycles. The van der Waals surface area contributed by atoms with Gasteiger partial charge >= 0.3 is 0 Å². The van der Waals surface area contributed by atoms with Crippen molar-refractivity contribution in [3.8, 4) is 5.75 Å². The summed E-state index contributed by atoms with van der Waals surface area (Å²) in [5.41, 5.74) is 1.69. The van der Waals surface area contributed by atoms with E-state index in [4.69, 9.17) is 4.74 Å². The first kappa shape index (κ1) is 12.1. The minimum Gasteiger partial charge on any atom is -0.494 e. The molecule has 0 atom stereocenters. The van der Waals surface area contributed by atoms with Crippen LogP contribution in [0.15, 0.2) is 24.3 Å². The van der Waals surface area contributed by atoms with Crippen LogP contribution >= 0.6 is 0 Å². The minimum absolute atomic E-state index is 0.350. The number of ether oxygens (including phenoxy) is 1. The fraction of sp³-hybridized carbons (Fsp3) is 0.571. The summed E-state index contributed by atoms with van der Waals surface area (Å²) >= 11 is 0. The minimum atomic E-state index is 0.350. The van der Waals surface area contributed by atoms with Crippen LogP contribution in [0.4, 0.5) is 0 Å². The van der Waals surface area contributed by atoms with E-state index >= 15 is 0 Å². The Hall–Kier alpha value is -0.980. The first-order valence-corrected chi connectivity index (χ1v) is 5.73. The van der Waals surface area contributed by atoms with Gasteiger partial charge in [-0.25, -0.2) is 0 Å². The van der Waals surface area contributed by atoms with E-state index in [-0.39, 0.29) is 0 Å². The van der Waals surface area contributed by atoms with Crippen molar-refractivity contribution in [1.29, 1.82) is 0 Å². The van der Waals surface area contributed by atoms with Gasteiger partial charge in [0.25, 0.3) is 0 Å². The molecule has 0 amide bonds. The van der Waals surface area contributed by atoms with Crippen LogP contribution in [0.25, 0.3) is 0 Å². The highest BCUT2D eigenvalue weighted by molar-refractivity contribution is 5.28. The van der Waals surface area contributed by atoms with Gasteiger partial charge in [-0.05, 0) is 36.0 Å². The van der Waals surface area contributed by atoms with Gasteiger partial charge in [-0.3, -0.25) is 0 Å². The molecular formula is C14H22O. The van der Waals surface area contributed by atoms with Gasteiger partial charge in [0.15, 0.2) is 0 Å². The monoisotopic (exact) mass is 206 g/mol. The maximum absolute atomic E-state index is 5.72. The Morgan fingerprint density at radius 1 is 1.20 bits per heavy atom. The van der Waals surface area contributed by atoms with Crippen LogP contribution in [0.3, 0.4) is 0 Å². The van der Waals surface area contributed by atoms with E-state index in [1.165, 1.54) is 5.56 Å². The first-order valence-electron chi connectivity index (χ1n) is 5.73. The summed E-state index contributed by atoms with van der Waals surface area (Å²) in [5, 5.41) is 0. The molecule has 84 valence electrons. The molecule has 0 spiro atoms. The Kier molecular flexibility index (Phi) is 4.19. The van der Waals surface area contributed by atoms with Crippen LogP contribution in [0.5, 0.6) is 5.75 Å². The van der Waals surface area contributed by atoms with Gasteiger partial charge in [0.05, 0.1) is 6.61 Å². The van der Waals surface area contributed by atoms with Gasteiger partial charge in [-0.1, -0.05) is 39.8 Å². The van der Waals surface area contributed by atoms with Gasteiger partial charge in [0.2, 0.25) is 0 Å². The highest BCUT2D eigenvalue weighted by Gasteiger charge is 2.09. The summed E-state index contributed by atoms with van der Waals surface area (Å²) in [6, 6.07) is 8.35. The fourth-order valence-corrected chi connectivity index (χ4v) is 1.33. The predicted molar refractivity (Wildman–Crippen MR) is 65.4 cm³/mol. The summed E-state index contributed by atoms with van der Waals surface area (Å²) in [5.74, 6) is 0.999. The van der Waals surface area contributed by atoms with Crippen LogP contribution < -0.4 is 4.74 Å². The van der Waals surface area contributed by atoms with Gasteiger partial charge in [-0.15, -0.1) is 0 Å². The van der Waals surface area contributed by atoms with E-state index in [0.717, 1.165) is 25.2 Å². The lowest BCUT2D eigenvalue weighted by atomic mass is 9.93. The van der Waals surface area contributed by atoms with Crippen LogP contribution in [-0.4, -0.2) is 6.61 Å². The van der Waals surface area contributed by atoms with Gasteiger partial charge < -0.3 is 4.74 Å². The summed E-state index contributed by atoms with van der Waals surface area (Å²) in [6.45, 7) is 9.67. The fourth-order valence-electron chi connectivity index (χ4n) is 1.33. The zero-order chi connectivity index (χ0) is 11.3. The summed E-state index contributed by atoms with van der Waals surface area (Å²) < 4.78 is 5.72. The Bertz CT molecular complexity index is 296. The quantitative estimate of drug-likeness (QED) is 0.721. The molecule has 0 radical (unpaired) electrons. The standard InChI is InChI=1S/C14H22O/c1-5-12-7-6-8-13(11-12)15-10-9-14(2,3)4/h6-8,11H,5,9-10H2,1-4H3. The second-order valence-corrected chi connectivity index (χ2v) is 5.16. The molecule has 0 aliphatic rings. The zero-order valence-corrected chi connectivity index (χ0v) is 10.3. The van der Waals surface area contributed by atoms with Crippen LogP contribution in [0.2, 0.25) is 0 Å². The molecule has 1 aromatic carbocycles. The van der Waals surface area contributed by atoms with Crippen molar-refractivity contribution in [3.05, 3.63) is 29.8 Å². The van der Waals surface area contributed by atoms with E-state index in [0.29, 0.717) is 5.41 Å². The van der Waals surface area contributed by atoms with Crippen molar-refractivity contribution in [2.45, 2.75) is 40.5 Å². The number of hydrogen-bond acceptors (Lipinski definition) is 1. The number of aryl methyl sites for hydroxylation is 1. The number of benzene rings is 1. The predicted octanol–water partition coefficient (Wildman–Crippen LogP) is 4.06. The molecule has 0 saturated carbocycles. The van der Waals surface area contributed by atoms with Crippen LogP contribution in [0.1, 0.15) is 39.7 Å². The molecular weight excluding hydrogens is 184 g/mol. The van der Waals surface area contributed by atoms with E-state index in [1.807, 2.05) is 6.07 Å². The Morgan fingerprint density at radius 3 is 2.53 bits per heavy atom. The third-order valence-corrected chi connectivity index (χ3v) is 2.43. The van der Waals surface area contributed by atoms with E-state index < -0.39 is 0 Å². The third kappa shape index (κ3) is 4.87. The van der Waals surface area contributed by atoms with Crippen LogP contribution in [0, 0.1) is 5.41 Å². The number of rotatable bonds is 4. The molecule has 1 nitrogen and oxygen atoms in total. The van der Waals surface area contributed by atoms with Gasteiger partial charge in [0.1, 0.15) is 5.75 Å². The molecule has 0 fully saturated rings. The highest BCUT2D eigenvalue weighted by Crippen LogP contribution is 2.20. The molecule has 1 rings (SSSR count). The Morgan fingerprint density at radius 2 is 1.93 bits per heavy atom. The number of hydrogen-bond donors (Lipinski definition) is 0. The zero-order valence-electron chi connectivity index (χ0n) is 10.3. The molecule has 0 saturated heterocycles. The average molecular weight is 206 g/mol. The summed E-state index contributed by atoms with van der Waals surface area (Å²) in [4.78, 5) is 0.